The van der Waals surface area contributed by atoms with Gasteiger partial charge in [-0.25, -0.2) is 9.97 Å². The largest absolute Gasteiger partial charge is 0.269 e. The predicted octanol–water partition coefficient (Wildman–Crippen LogP) is 5.99. The van der Waals surface area contributed by atoms with Crippen molar-refractivity contribution in [2.45, 2.75) is 5.92 Å². The lowest BCUT2D eigenvalue weighted by Crippen LogP contribution is -2.02. The minimum absolute atomic E-state index is 0.0797. The molecule has 2 heterocycles. The van der Waals surface area contributed by atoms with Crippen LogP contribution in [0.4, 0.5) is 5.69 Å². The summed E-state index contributed by atoms with van der Waals surface area (Å²) >= 11 is 3.27. The van der Waals surface area contributed by atoms with Gasteiger partial charge in [0.25, 0.3) is 5.69 Å². The summed E-state index contributed by atoms with van der Waals surface area (Å²) in [7, 11) is 0. The zero-order chi connectivity index (χ0) is 19.1. The maximum absolute atomic E-state index is 11.0. The van der Waals surface area contributed by atoms with Crippen LogP contribution in [0.3, 0.4) is 0 Å². The standard InChI is InChI=1S/C21H13N3O2S2/c25-24(26)14-11-9-13(10-12-14)19(20-22-15-5-1-3-7-17(15)27-20)21-23-16-6-2-4-8-18(16)28-21/h1-12,19H. The normalized spacial score (nSPS) is 11.5. The number of hydrogen-bond donors (Lipinski definition) is 0. The molecule has 0 saturated heterocycles. The highest BCUT2D eigenvalue weighted by Crippen LogP contribution is 2.40. The van der Waals surface area contributed by atoms with E-state index in [0.717, 1.165) is 36.0 Å². The highest BCUT2D eigenvalue weighted by Gasteiger charge is 2.25. The molecule has 5 aromatic rings. The van der Waals surface area contributed by atoms with Gasteiger partial charge in [-0.05, 0) is 29.8 Å². The zero-order valence-electron chi connectivity index (χ0n) is 14.5. The van der Waals surface area contributed by atoms with Crippen LogP contribution in [0.25, 0.3) is 20.4 Å². The molecule has 5 rings (SSSR count). The van der Waals surface area contributed by atoms with Crippen LogP contribution < -0.4 is 0 Å². The van der Waals surface area contributed by atoms with Crippen LogP contribution in [0.15, 0.2) is 72.8 Å². The Balaban J connectivity index is 1.69. The third kappa shape index (κ3) is 2.94. The maximum atomic E-state index is 11.0. The number of fused-ring (bicyclic) bond motifs is 2. The average molecular weight is 403 g/mol. The first kappa shape index (κ1) is 17.0. The van der Waals surface area contributed by atoms with E-state index in [2.05, 4.69) is 12.1 Å². The lowest BCUT2D eigenvalue weighted by atomic mass is 10.00. The summed E-state index contributed by atoms with van der Waals surface area (Å²) in [5.41, 5.74) is 2.94. The zero-order valence-corrected chi connectivity index (χ0v) is 16.1. The number of thiazole rings is 2. The molecule has 0 N–H and O–H groups in total. The Hall–Kier alpha value is -3.16. The van der Waals surface area contributed by atoms with E-state index in [4.69, 9.17) is 9.97 Å². The van der Waals surface area contributed by atoms with Crippen molar-refractivity contribution in [2.24, 2.45) is 0 Å². The molecule has 0 amide bonds. The van der Waals surface area contributed by atoms with Crippen LogP contribution in [0, 0.1) is 10.1 Å². The van der Waals surface area contributed by atoms with Gasteiger partial charge in [0.1, 0.15) is 10.0 Å². The van der Waals surface area contributed by atoms with Crippen LogP contribution in [0.2, 0.25) is 0 Å². The smallest absolute Gasteiger partial charge is 0.258 e. The third-order valence-electron chi connectivity index (χ3n) is 4.55. The summed E-state index contributed by atoms with van der Waals surface area (Å²) in [4.78, 5) is 20.4. The first-order valence-corrected chi connectivity index (χ1v) is 10.3. The van der Waals surface area contributed by atoms with Crippen LogP contribution in [-0.4, -0.2) is 14.9 Å². The number of aromatic nitrogens is 2. The number of nitrogens with zero attached hydrogens (tertiary/aromatic N) is 3. The van der Waals surface area contributed by atoms with Gasteiger partial charge in [0.05, 0.1) is 31.3 Å². The fourth-order valence-corrected chi connectivity index (χ4v) is 5.48. The second-order valence-electron chi connectivity index (χ2n) is 6.32. The summed E-state index contributed by atoms with van der Waals surface area (Å²) in [6, 6.07) is 22.8. The quantitative estimate of drug-likeness (QED) is 0.273. The minimum atomic E-state index is -0.381. The molecule has 0 unspecified atom stereocenters. The van der Waals surface area contributed by atoms with E-state index in [1.54, 1.807) is 46.9 Å². The van der Waals surface area contributed by atoms with E-state index in [1.807, 2.05) is 36.4 Å². The number of nitro benzene ring substituents is 1. The molecule has 0 atom stereocenters. The molecule has 0 aliphatic rings. The number of rotatable bonds is 4. The minimum Gasteiger partial charge on any atom is -0.258 e. The van der Waals surface area contributed by atoms with Crippen LogP contribution in [0.1, 0.15) is 21.5 Å². The van der Waals surface area contributed by atoms with Crippen molar-refractivity contribution in [3.8, 4) is 0 Å². The van der Waals surface area contributed by atoms with Crippen LogP contribution in [-0.2, 0) is 0 Å². The van der Waals surface area contributed by atoms with Gasteiger partial charge in [0, 0.05) is 12.1 Å². The molecule has 28 heavy (non-hydrogen) atoms. The molecular weight excluding hydrogens is 390 g/mol. The summed E-state index contributed by atoms with van der Waals surface area (Å²) in [6.07, 6.45) is 0. The Morgan fingerprint density at radius 1 is 0.750 bits per heavy atom. The first-order chi connectivity index (χ1) is 13.7. The number of benzene rings is 3. The van der Waals surface area contributed by atoms with Gasteiger partial charge in [-0.3, -0.25) is 10.1 Å². The number of nitro groups is 1. The summed E-state index contributed by atoms with van der Waals surface area (Å²) in [6.45, 7) is 0. The van der Waals surface area contributed by atoms with Crippen molar-refractivity contribution >= 4 is 48.8 Å². The summed E-state index contributed by atoms with van der Waals surface area (Å²) in [5.74, 6) is -0.157. The number of hydrogen-bond acceptors (Lipinski definition) is 6. The average Bonchev–Trinajstić information content (AvgIpc) is 3.32. The lowest BCUT2D eigenvalue weighted by Gasteiger charge is -2.12. The monoisotopic (exact) mass is 403 g/mol. The maximum Gasteiger partial charge on any atom is 0.269 e. The van der Waals surface area contributed by atoms with Crippen molar-refractivity contribution in [3.05, 3.63) is 98.5 Å². The Morgan fingerprint density at radius 3 is 1.71 bits per heavy atom. The second kappa shape index (κ2) is 6.78. The Kier molecular flexibility index (Phi) is 4.11. The van der Waals surface area contributed by atoms with Gasteiger partial charge >= 0.3 is 0 Å². The van der Waals surface area contributed by atoms with Crippen molar-refractivity contribution in [1.29, 1.82) is 0 Å². The van der Waals surface area contributed by atoms with Gasteiger partial charge in [0.2, 0.25) is 0 Å². The van der Waals surface area contributed by atoms with Crippen molar-refractivity contribution in [1.82, 2.24) is 9.97 Å². The highest BCUT2D eigenvalue weighted by molar-refractivity contribution is 7.20. The van der Waals surface area contributed by atoms with Gasteiger partial charge in [-0.15, -0.1) is 22.7 Å². The van der Waals surface area contributed by atoms with E-state index < -0.39 is 0 Å². The van der Waals surface area contributed by atoms with E-state index in [-0.39, 0.29) is 16.5 Å². The van der Waals surface area contributed by atoms with Gasteiger partial charge < -0.3 is 0 Å². The molecule has 0 aliphatic carbocycles. The fraction of sp³-hybridized carbons (Fsp3) is 0.0476. The molecule has 5 nitrogen and oxygen atoms in total. The first-order valence-electron chi connectivity index (χ1n) is 8.64. The van der Waals surface area contributed by atoms with E-state index in [1.165, 1.54) is 0 Å². The molecular formula is C21H13N3O2S2. The van der Waals surface area contributed by atoms with Crippen LogP contribution >= 0.6 is 22.7 Å². The molecule has 136 valence electrons. The summed E-state index contributed by atoms with van der Waals surface area (Å²) < 4.78 is 2.23. The highest BCUT2D eigenvalue weighted by atomic mass is 32.1. The molecule has 7 heteroatoms. The predicted molar refractivity (Wildman–Crippen MR) is 113 cm³/mol. The number of para-hydroxylation sites is 2. The van der Waals surface area contributed by atoms with E-state index in [0.29, 0.717) is 0 Å². The SMILES string of the molecule is O=[N+]([O-])c1ccc(C(c2nc3ccccc3s2)c2nc3ccccc3s2)cc1. The Bertz CT molecular complexity index is 1170. The number of non-ortho nitro benzene ring substituents is 1. The molecule has 2 aromatic heterocycles. The van der Waals surface area contributed by atoms with Gasteiger partial charge in [0.15, 0.2) is 0 Å². The lowest BCUT2D eigenvalue weighted by molar-refractivity contribution is -0.384. The molecule has 0 fully saturated rings. The molecule has 0 bridgehead atoms. The van der Waals surface area contributed by atoms with Crippen LogP contribution in [0.5, 0.6) is 0 Å². The molecule has 0 saturated carbocycles. The van der Waals surface area contributed by atoms with Gasteiger partial charge in [-0.2, -0.15) is 0 Å². The summed E-state index contributed by atoms with van der Waals surface area (Å²) in [5, 5.41) is 12.9. The molecule has 3 aromatic carbocycles. The van der Waals surface area contributed by atoms with Gasteiger partial charge in [-0.1, -0.05) is 36.4 Å². The van der Waals surface area contributed by atoms with Crippen molar-refractivity contribution < 1.29 is 4.92 Å². The van der Waals surface area contributed by atoms with Crippen molar-refractivity contribution in [2.75, 3.05) is 0 Å². The third-order valence-corrected chi connectivity index (χ3v) is 6.75. The fourth-order valence-electron chi connectivity index (χ4n) is 3.21. The Labute approximate surface area is 168 Å². The second-order valence-corrected chi connectivity index (χ2v) is 8.45. The molecule has 0 aliphatic heterocycles. The Morgan fingerprint density at radius 2 is 1.25 bits per heavy atom. The van der Waals surface area contributed by atoms with E-state index >= 15 is 0 Å². The van der Waals surface area contributed by atoms with E-state index in [9.17, 15) is 10.1 Å². The molecule has 0 spiro atoms. The van der Waals surface area contributed by atoms with Crippen molar-refractivity contribution in [3.63, 3.8) is 0 Å². The topological polar surface area (TPSA) is 68.9 Å². The molecule has 0 radical (unpaired) electrons.